The second-order valence-electron chi connectivity index (χ2n) is 7.83. The highest BCUT2D eigenvalue weighted by molar-refractivity contribution is 6.31. The average Bonchev–Trinajstić information content (AvgIpc) is 3.42. The summed E-state index contributed by atoms with van der Waals surface area (Å²) in [4.78, 5) is 40.6. The van der Waals surface area contributed by atoms with E-state index in [0.29, 0.717) is 22.1 Å². The molecule has 3 amide bonds. The van der Waals surface area contributed by atoms with Crippen molar-refractivity contribution in [3.8, 4) is 5.75 Å². The van der Waals surface area contributed by atoms with Crippen molar-refractivity contribution in [3.05, 3.63) is 65.2 Å². The van der Waals surface area contributed by atoms with Gasteiger partial charge in [0, 0.05) is 5.02 Å². The number of para-hydroxylation sites is 1. The minimum atomic E-state index is -0.454. The first-order valence-electron chi connectivity index (χ1n) is 9.79. The molecule has 6 nitrogen and oxygen atoms in total. The maximum Gasteiger partial charge on any atom is 0.257 e. The molecule has 2 aliphatic carbocycles. The molecule has 1 saturated carbocycles. The summed E-state index contributed by atoms with van der Waals surface area (Å²) in [7, 11) is 1.50. The Kier molecular flexibility index (Phi) is 4.40. The molecular weight excluding hydrogens is 404 g/mol. The van der Waals surface area contributed by atoms with Gasteiger partial charge in [-0.1, -0.05) is 35.9 Å². The number of hydrogen-bond donors (Lipinski definition) is 1. The summed E-state index contributed by atoms with van der Waals surface area (Å²) in [6.45, 7) is 0. The Morgan fingerprint density at radius 3 is 2.40 bits per heavy atom. The maximum atomic E-state index is 13.2. The van der Waals surface area contributed by atoms with Crippen molar-refractivity contribution in [1.29, 1.82) is 0 Å². The van der Waals surface area contributed by atoms with Crippen LogP contribution in [0.1, 0.15) is 16.8 Å². The van der Waals surface area contributed by atoms with Crippen LogP contribution in [0.3, 0.4) is 0 Å². The van der Waals surface area contributed by atoms with Gasteiger partial charge in [-0.25, -0.2) is 4.90 Å². The van der Waals surface area contributed by atoms with Gasteiger partial charge in [-0.3, -0.25) is 14.4 Å². The van der Waals surface area contributed by atoms with Gasteiger partial charge >= 0.3 is 0 Å². The number of amides is 3. The topological polar surface area (TPSA) is 75.7 Å². The third-order valence-corrected chi connectivity index (χ3v) is 6.50. The predicted octanol–water partition coefficient (Wildman–Crippen LogP) is 3.91. The van der Waals surface area contributed by atoms with Gasteiger partial charge in [0.1, 0.15) is 5.75 Å². The summed E-state index contributed by atoms with van der Waals surface area (Å²) in [5, 5.41) is 3.23. The lowest BCUT2D eigenvalue weighted by Crippen LogP contribution is -2.34. The zero-order valence-electron chi connectivity index (χ0n) is 16.2. The number of hydrogen-bond acceptors (Lipinski definition) is 4. The molecule has 7 heteroatoms. The van der Waals surface area contributed by atoms with Crippen LogP contribution in [0.25, 0.3) is 0 Å². The standard InChI is InChI=1S/C23H19ClN2O4/c1-30-18-9-8-14(24)11-16(18)25-21(27)15-4-2-3-5-17(15)26-22(28)19-12-6-7-13(10-12)20(19)23(26)29/h2-9,11-13,19-20H,10H2,1H3,(H,25,27)/t12-,13-,19-,20+/m0/s1. The lowest BCUT2D eigenvalue weighted by molar-refractivity contribution is -0.123. The Labute approximate surface area is 178 Å². The number of nitrogens with one attached hydrogen (secondary N) is 1. The molecule has 2 bridgehead atoms. The molecule has 3 aliphatic rings. The molecule has 1 heterocycles. The van der Waals surface area contributed by atoms with Crippen molar-refractivity contribution in [2.24, 2.45) is 23.7 Å². The van der Waals surface area contributed by atoms with Gasteiger partial charge < -0.3 is 10.1 Å². The van der Waals surface area contributed by atoms with E-state index in [0.717, 1.165) is 6.42 Å². The molecule has 0 unspecified atom stereocenters. The van der Waals surface area contributed by atoms with E-state index in [1.807, 2.05) is 12.2 Å². The predicted molar refractivity (Wildman–Crippen MR) is 113 cm³/mol. The Balaban J connectivity index is 1.48. The fourth-order valence-electron chi connectivity index (χ4n) is 4.97. The number of halogens is 1. The molecule has 0 spiro atoms. The van der Waals surface area contributed by atoms with Gasteiger partial charge in [0.05, 0.1) is 35.9 Å². The molecule has 0 aromatic heterocycles. The summed E-state index contributed by atoms with van der Waals surface area (Å²) in [5.74, 6) is -0.866. The number of imide groups is 1. The lowest BCUT2D eigenvalue weighted by atomic mass is 9.85. The molecule has 5 rings (SSSR count). The summed E-state index contributed by atoms with van der Waals surface area (Å²) in [5.41, 5.74) is 0.948. The van der Waals surface area contributed by atoms with E-state index in [1.54, 1.807) is 42.5 Å². The van der Waals surface area contributed by atoms with Gasteiger partial charge in [0.15, 0.2) is 0 Å². The first-order chi connectivity index (χ1) is 14.5. The van der Waals surface area contributed by atoms with Crippen molar-refractivity contribution < 1.29 is 19.1 Å². The molecule has 1 saturated heterocycles. The zero-order valence-corrected chi connectivity index (χ0v) is 16.9. The average molecular weight is 423 g/mol. The van der Waals surface area contributed by atoms with Crippen molar-refractivity contribution in [2.75, 3.05) is 17.3 Å². The Morgan fingerprint density at radius 2 is 1.73 bits per heavy atom. The molecule has 2 fully saturated rings. The van der Waals surface area contributed by atoms with E-state index < -0.39 is 5.91 Å². The number of carbonyl (C=O) groups is 3. The zero-order chi connectivity index (χ0) is 21.0. The summed E-state index contributed by atoms with van der Waals surface area (Å²) in [6.07, 6.45) is 4.95. The first kappa shape index (κ1) is 18.9. The summed E-state index contributed by atoms with van der Waals surface area (Å²) < 4.78 is 5.28. The number of nitrogens with zero attached hydrogens (tertiary/aromatic N) is 1. The van der Waals surface area contributed by atoms with Crippen molar-refractivity contribution in [2.45, 2.75) is 6.42 Å². The number of rotatable bonds is 4. The van der Waals surface area contributed by atoms with E-state index in [4.69, 9.17) is 16.3 Å². The first-order valence-corrected chi connectivity index (χ1v) is 10.2. The van der Waals surface area contributed by atoms with E-state index in [2.05, 4.69) is 5.32 Å². The number of methoxy groups -OCH3 is 1. The highest BCUT2D eigenvalue weighted by atomic mass is 35.5. The molecule has 1 N–H and O–H groups in total. The molecule has 4 atom stereocenters. The van der Waals surface area contributed by atoms with Crippen molar-refractivity contribution in [3.63, 3.8) is 0 Å². The van der Waals surface area contributed by atoms with Crippen LogP contribution in [0.2, 0.25) is 5.02 Å². The van der Waals surface area contributed by atoms with E-state index in [-0.39, 0.29) is 41.0 Å². The molecule has 30 heavy (non-hydrogen) atoms. The number of allylic oxidation sites excluding steroid dienone is 2. The monoisotopic (exact) mass is 422 g/mol. The molecule has 0 radical (unpaired) electrons. The fraction of sp³-hybridized carbons (Fsp3) is 0.261. The van der Waals surface area contributed by atoms with Crippen LogP contribution in [0.5, 0.6) is 5.75 Å². The second kappa shape index (κ2) is 6.99. The van der Waals surface area contributed by atoms with Gasteiger partial charge in [0.2, 0.25) is 11.8 Å². The highest BCUT2D eigenvalue weighted by Crippen LogP contribution is 2.53. The van der Waals surface area contributed by atoms with E-state index in [9.17, 15) is 14.4 Å². The van der Waals surface area contributed by atoms with Crippen LogP contribution in [0.15, 0.2) is 54.6 Å². The molecular formula is C23H19ClN2O4. The van der Waals surface area contributed by atoms with Crippen LogP contribution in [-0.4, -0.2) is 24.8 Å². The number of anilines is 2. The second-order valence-corrected chi connectivity index (χ2v) is 8.26. The molecule has 152 valence electrons. The summed E-state index contributed by atoms with van der Waals surface area (Å²) >= 11 is 6.05. The highest BCUT2D eigenvalue weighted by Gasteiger charge is 2.59. The smallest absolute Gasteiger partial charge is 0.257 e. The van der Waals surface area contributed by atoms with Gasteiger partial charge in [-0.15, -0.1) is 0 Å². The third kappa shape index (κ3) is 2.75. The Hall–Kier alpha value is -3.12. The number of carbonyl (C=O) groups excluding carboxylic acids is 3. The fourth-order valence-corrected chi connectivity index (χ4v) is 5.14. The van der Waals surface area contributed by atoms with Gasteiger partial charge in [-0.2, -0.15) is 0 Å². The Morgan fingerprint density at radius 1 is 1.07 bits per heavy atom. The maximum absolute atomic E-state index is 13.2. The summed E-state index contributed by atoms with van der Waals surface area (Å²) in [6, 6.07) is 11.5. The van der Waals surface area contributed by atoms with E-state index >= 15 is 0 Å². The van der Waals surface area contributed by atoms with Crippen molar-refractivity contribution in [1.82, 2.24) is 0 Å². The quantitative estimate of drug-likeness (QED) is 0.598. The SMILES string of the molecule is COc1ccc(Cl)cc1NC(=O)c1ccccc1N1C(=O)[C@@H]2[C@H](C1=O)[C@H]1C=C[C@H]2C1. The normalized spacial score (nSPS) is 26.3. The lowest BCUT2D eigenvalue weighted by Gasteiger charge is -2.20. The molecule has 2 aromatic carbocycles. The van der Waals surface area contributed by atoms with Crippen LogP contribution in [-0.2, 0) is 9.59 Å². The largest absolute Gasteiger partial charge is 0.495 e. The minimum Gasteiger partial charge on any atom is -0.495 e. The van der Waals surface area contributed by atoms with Crippen LogP contribution < -0.4 is 15.0 Å². The van der Waals surface area contributed by atoms with Crippen LogP contribution >= 0.6 is 11.6 Å². The van der Waals surface area contributed by atoms with Crippen LogP contribution in [0.4, 0.5) is 11.4 Å². The number of ether oxygens (including phenoxy) is 1. The van der Waals surface area contributed by atoms with Gasteiger partial charge in [-0.05, 0) is 48.6 Å². The van der Waals surface area contributed by atoms with Gasteiger partial charge in [0.25, 0.3) is 5.91 Å². The third-order valence-electron chi connectivity index (χ3n) is 6.27. The van der Waals surface area contributed by atoms with Crippen LogP contribution in [0, 0.1) is 23.7 Å². The van der Waals surface area contributed by atoms with E-state index in [1.165, 1.54) is 12.0 Å². The Bertz CT molecular complexity index is 1080. The number of fused-ring (bicyclic) bond motifs is 5. The molecule has 2 aromatic rings. The number of benzene rings is 2. The molecule has 1 aliphatic heterocycles. The minimum absolute atomic E-state index is 0.109. The van der Waals surface area contributed by atoms with Crippen molar-refractivity contribution >= 4 is 40.7 Å².